The molecule has 0 saturated heterocycles. The smallest absolute Gasteiger partial charge is 0.0159 e. The minimum Gasteiger partial charge on any atom is -0.0619 e. The number of hydrogen-bond donors (Lipinski definition) is 0. The van der Waals surface area contributed by atoms with E-state index in [9.17, 15) is 0 Å². The van der Waals surface area contributed by atoms with Gasteiger partial charge in [0.25, 0.3) is 0 Å². The first kappa shape index (κ1) is 32.8. The van der Waals surface area contributed by atoms with E-state index in [0.29, 0.717) is 0 Å². The topological polar surface area (TPSA) is 0 Å². The Hall–Kier alpha value is -7.28. The molecule has 0 nitrogen and oxygen atoms in total. The molecule has 13 rings (SSSR count). The minimum atomic E-state index is -0.103. The summed E-state index contributed by atoms with van der Waals surface area (Å²) >= 11 is 0. The molecule has 0 fully saturated rings. The molecule has 59 heavy (non-hydrogen) atoms. The highest BCUT2D eigenvalue weighted by Gasteiger charge is 2.37. The zero-order valence-corrected chi connectivity index (χ0v) is 33.0. The van der Waals surface area contributed by atoms with Crippen molar-refractivity contribution in [3.8, 4) is 44.5 Å². The molecule has 0 saturated carbocycles. The van der Waals surface area contributed by atoms with Crippen LogP contribution in [-0.2, 0) is 5.41 Å². The molecule has 12 aromatic carbocycles. The number of benzene rings is 12. The van der Waals surface area contributed by atoms with Crippen LogP contribution in [0.4, 0.5) is 0 Å². The molecule has 12 aromatic rings. The van der Waals surface area contributed by atoms with Crippen LogP contribution >= 0.6 is 0 Å². The summed E-state index contributed by atoms with van der Waals surface area (Å²) in [4.78, 5) is 0. The van der Waals surface area contributed by atoms with Gasteiger partial charge < -0.3 is 0 Å². The zero-order valence-electron chi connectivity index (χ0n) is 33.0. The van der Waals surface area contributed by atoms with Gasteiger partial charge in [0.1, 0.15) is 0 Å². The summed E-state index contributed by atoms with van der Waals surface area (Å²) in [6.07, 6.45) is 0. The van der Waals surface area contributed by atoms with E-state index in [1.165, 1.54) is 131 Å². The molecule has 1 aliphatic rings. The zero-order chi connectivity index (χ0) is 39.0. The van der Waals surface area contributed by atoms with Crippen LogP contribution in [0.5, 0.6) is 0 Å². The van der Waals surface area contributed by atoms with Crippen LogP contribution in [0.3, 0.4) is 0 Å². The molecule has 0 aliphatic heterocycles. The van der Waals surface area contributed by atoms with E-state index < -0.39 is 0 Å². The van der Waals surface area contributed by atoms with Crippen LogP contribution in [0.2, 0.25) is 0 Å². The fourth-order valence-electron chi connectivity index (χ4n) is 11.2. The van der Waals surface area contributed by atoms with Crippen molar-refractivity contribution in [3.63, 3.8) is 0 Å². The summed E-state index contributed by atoms with van der Waals surface area (Å²) in [5.74, 6) is 0. The van der Waals surface area contributed by atoms with E-state index in [4.69, 9.17) is 0 Å². The standard InChI is InChI=1S/C59H38/c1-59(2)52-28-8-7-21-49(52)58-50(27-13-29-53(58)59)57-43-20-6-5-19-42(43)56(48-31-30-37(34-51(48)57)39-22-9-15-35-14-3-4-18-38(35)39)47-33-32-46-41-24-11-17-36-16-10-23-40(54(36)41)44-25-12-26-45(47)55(44)46/h3-34H,1-2H3. The molecule has 0 bridgehead atoms. The summed E-state index contributed by atoms with van der Waals surface area (Å²) in [6, 6.07) is 73.3. The van der Waals surface area contributed by atoms with Crippen molar-refractivity contribution in [2.24, 2.45) is 0 Å². The second-order valence-corrected chi connectivity index (χ2v) is 17.1. The van der Waals surface area contributed by atoms with Gasteiger partial charge >= 0.3 is 0 Å². The molecule has 0 unspecified atom stereocenters. The lowest BCUT2D eigenvalue weighted by Gasteiger charge is -2.23. The third-order valence-electron chi connectivity index (χ3n) is 13.8. The van der Waals surface area contributed by atoms with Crippen molar-refractivity contribution in [2.45, 2.75) is 19.3 Å². The van der Waals surface area contributed by atoms with Crippen LogP contribution in [0, 0.1) is 0 Å². The number of rotatable bonds is 3. The van der Waals surface area contributed by atoms with Crippen molar-refractivity contribution >= 4 is 75.4 Å². The highest BCUT2D eigenvalue weighted by Crippen LogP contribution is 2.55. The van der Waals surface area contributed by atoms with E-state index in [1.807, 2.05) is 0 Å². The van der Waals surface area contributed by atoms with Crippen molar-refractivity contribution in [3.05, 3.63) is 205 Å². The first-order valence-electron chi connectivity index (χ1n) is 20.9. The predicted octanol–water partition coefficient (Wildman–Crippen LogP) is 16.5. The van der Waals surface area contributed by atoms with Gasteiger partial charge in [0.2, 0.25) is 0 Å². The van der Waals surface area contributed by atoms with Gasteiger partial charge in [0.15, 0.2) is 0 Å². The normalized spacial score (nSPS) is 13.4. The summed E-state index contributed by atoms with van der Waals surface area (Å²) in [7, 11) is 0. The fourth-order valence-corrected chi connectivity index (χ4v) is 11.2. The van der Waals surface area contributed by atoms with E-state index in [-0.39, 0.29) is 5.41 Å². The summed E-state index contributed by atoms with van der Waals surface area (Å²) in [5.41, 5.74) is 13.0. The molecule has 0 radical (unpaired) electrons. The summed E-state index contributed by atoms with van der Waals surface area (Å²) < 4.78 is 0. The molecular weight excluding hydrogens is 709 g/mol. The lowest BCUT2D eigenvalue weighted by molar-refractivity contribution is 0.660. The maximum atomic E-state index is 2.50. The monoisotopic (exact) mass is 746 g/mol. The number of hydrogen-bond acceptors (Lipinski definition) is 0. The van der Waals surface area contributed by atoms with Crippen molar-refractivity contribution in [2.75, 3.05) is 0 Å². The van der Waals surface area contributed by atoms with E-state index in [0.717, 1.165) is 0 Å². The first-order chi connectivity index (χ1) is 29.1. The average Bonchev–Trinajstić information content (AvgIpc) is 3.53. The Morgan fingerprint density at radius 3 is 1.58 bits per heavy atom. The molecule has 1 aliphatic carbocycles. The van der Waals surface area contributed by atoms with E-state index >= 15 is 0 Å². The lowest BCUT2D eigenvalue weighted by atomic mass is 9.79. The van der Waals surface area contributed by atoms with Crippen LogP contribution in [0.1, 0.15) is 25.0 Å². The Balaban J connectivity index is 1.20. The van der Waals surface area contributed by atoms with E-state index in [2.05, 4.69) is 208 Å². The highest BCUT2D eigenvalue weighted by atomic mass is 14.4. The fraction of sp³-hybridized carbons (Fsp3) is 0.0508. The molecule has 0 amide bonds. The van der Waals surface area contributed by atoms with Crippen molar-refractivity contribution in [1.82, 2.24) is 0 Å². The van der Waals surface area contributed by atoms with Crippen LogP contribution < -0.4 is 0 Å². The molecule has 274 valence electrons. The van der Waals surface area contributed by atoms with Gasteiger partial charge in [-0.05, 0) is 137 Å². The van der Waals surface area contributed by atoms with Gasteiger partial charge in [-0.15, -0.1) is 0 Å². The van der Waals surface area contributed by atoms with Gasteiger partial charge in [-0.1, -0.05) is 202 Å². The third kappa shape index (κ3) is 4.38. The summed E-state index contributed by atoms with van der Waals surface area (Å²) in [5, 5.41) is 18.2. The van der Waals surface area contributed by atoms with Crippen LogP contribution in [0.25, 0.3) is 120 Å². The SMILES string of the molecule is CC1(C)c2ccccc2-c2c(-c3c4ccccc4c(-c4ccc5c6cccc7cccc(c8cccc4c85)c76)c4ccc(-c5cccc6ccccc56)cc34)cccc21. The van der Waals surface area contributed by atoms with Crippen LogP contribution in [-0.4, -0.2) is 0 Å². The Kier molecular flexibility index (Phi) is 6.60. The molecule has 0 heteroatoms. The first-order valence-corrected chi connectivity index (χ1v) is 20.9. The van der Waals surface area contributed by atoms with Crippen molar-refractivity contribution in [1.29, 1.82) is 0 Å². The maximum Gasteiger partial charge on any atom is 0.0159 e. The Labute approximate surface area is 342 Å². The Bertz CT molecular complexity index is 3690. The van der Waals surface area contributed by atoms with Gasteiger partial charge in [0, 0.05) is 5.41 Å². The van der Waals surface area contributed by atoms with Gasteiger partial charge in [-0.3, -0.25) is 0 Å². The maximum absolute atomic E-state index is 2.50. The second-order valence-electron chi connectivity index (χ2n) is 17.1. The van der Waals surface area contributed by atoms with Crippen molar-refractivity contribution < 1.29 is 0 Å². The molecule has 0 aromatic heterocycles. The minimum absolute atomic E-state index is 0.103. The average molecular weight is 747 g/mol. The Morgan fingerprint density at radius 2 is 0.763 bits per heavy atom. The molecule has 0 N–H and O–H groups in total. The lowest BCUT2D eigenvalue weighted by Crippen LogP contribution is -2.14. The van der Waals surface area contributed by atoms with Gasteiger partial charge in [-0.25, -0.2) is 0 Å². The quantitative estimate of drug-likeness (QED) is 0.125. The molecular formula is C59H38. The third-order valence-corrected chi connectivity index (χ3v) is 13.8. The highest BCUT2D eigenvalue weighted by molar-refractivity contribution is 6.35. The van der Waals surface area contributed by atoms with Crippen LogP contribution in [0.15, 0.2) is 194 Å². The second kappa shape index (κ2) is 11.9. The molecule has 0 atom stereocenters. The van der Waals surface area contributed by atoms with Gasteiger partial charge in [0.05, 0.1) is 0 Å². The largest absolute Gasteiger partial charge is 0.0619 e. The predicted molar refractivity (Wildman–Crippen MR) is 254 cm³/mol. The number of fused-ring (bicyclic) bond motifs is 8. The van der Waals surface area contributed by atoms with E-state index in [1.54, 1.807) is 0 Å². The Morgan fingerprint density at radius 1 is 0.271 bits per heavy atom. The molecule has 0 spiro atoms. The van der Waals surface area contributed by atoms with Gasteiger partial charge in [-0.2, -0.15) is 0 Å². The summed E-state index contributed by atoms with van der Waals surface area (Å²) in [6.45, 7) is 4.77. The molecule has 0 heterocycles.